The molecule has 4 heteroatoms. The van der Waals surface area contributed by atoms with Crippen molar-refractivity contribution in [1.29, 1.82) is 0 Å². The highest BCUT2D eigenvalue weighted by molar-refractivity contribution is 5.89. The highest BCUT2D eigenvalue weighted by atomic mass is 16.5. The molecule has 0 aromatic heterocycles. The third-order valence-electron chi connectivity index (χ3n) is 1.41. The molecule has 0 aliphatic rings. The maximum atomic E-state index is 10.8. The number of ether oxygens (including phenoxy) is 2. The van der Waals surface area contributed by atoms with Crippen molar-refractivity contribution in [1.82, 2.24) is 0 Å². The molecule has 0 radical (unpaired) electrons. The number of rotatable bonds is 7. The van der Waals surface area contributed by atoms with E-state index in [1.165, 1.54) is 0 Å². The Morgan fingerprint density at radius 2 is 2.15 bits per heavy atom. The first-order valence-electron chi connectivity index (χ1n) is 4.34. The van der Waals surface area contributed by atoms with Gasteiger partial charge in [-0.1, -0.05) is 13.3 Å². The maximum absolute atomic E-state index is 10.8. The molecule has 0 atom stereocenters. The van der Waals surface area contributed by atoms with Gasteiger partial charge >= 0.3 is 0 Å². The van der Waals surface area contributed by atoms with Gasteiger partial charge in [0.1, 0.15) is 6.61 Å². The standard InChI is InChI=1S/C9H17NO3/c1-3-4-5-8(9(10)11)13-7-6-12-2/h5H,3-4,6-7H2,1-2H3,(H2,10,11). The fourth-order valence-corrected chi connectivity index (χ4v) is 0.741. The van der Waals surface area contributed by atoms with Crippen molar-refractivity contribution >= 4 is 5.91 Å². The molecule has 1 amide bonds. The number of unbranched alkanes of at least 4 members (excludes halogenated alkanes) is 1. The van der Waals surface area contributed by atoms with E-state index in [-0.39, 0.29) is 5.76 Å². The number of methoxy groups -OCH3 is 1. The number of nitrogens with two attached hydrogens (primary N) is 1. The molecular formula is C9H17NO3. The Morgan fingerprint density at radius 1 is 1.46 bits per heavy atom. The molecule has 0 saturated carbocycles. The summed E-state index contributed by atoms with van der Waals surface area (Å²) in [6, 6.07) is 0. The normalized spacial score (nSPS) is 11.4. The van der Waals surface area contributed by atoms with E-state index in [9.17, 15) is 4.79 Å². The fourth-order valence-electron chi connectivity index (χ4n) is 0.741. The van der Waals surface area contributed by atoms with Crippen molar-refractivity contribution in [2.45, 2.75) is 19.8 Å². The predicted octanol–water partition coefficient (Wildman–Crippen LogP) is 0.819. The Labute approximate surface area is 78.7 Å². The van der Waals surface area contributed by atoms with Gasteiger partial charge in [0.15, 0.2) is 5.76 Å². The molecule has 76 valence electrons. The highest BCUT2D eigenvalue weighted by Crippen LogP contribution is 2.00. The van der Waals surface area contributed by atoms with Crippen LogP contribution in [0.2, 0.25) is 0 Å². The first-order valence-corrected chi connectivity index (χ1v) is 4.34. The van der Waals surface area contributed by atoms with Gasteiger partial charge < -0.3 is 15.2 Å². The lowest BCUT2D eigenvalue weighted by Gasteiger charge is -2.06. The van der Waals surface area contributed by atoms with Crippen LogP contribution in [0.15, 0.2) is 11.8 Å². The smallest absolute Gasteiger partial charge is 0.283 e. The summed E-state index contributed by atoms with van der Waals surface area (Å²) < 4.78 is 9.88. The maximum Gasteiger partial charge on any atom is 0.283 e. The number of hydrogen-bond acceptors (Lipinski definition) is 3. The summed E-state index contributed by atoms with van der Waals surface area (Å²) in [6.07, 6.45) is 3.47. The molecule has 0 aliphatic heterocycles. The number of allylic oxidation sites excluding steroid dienone is 1. The van der Waals surface area contributed by atoms with E-state index in [1.807, 2.05) is 6.92 Å². The predicted molar refractivity (Wildman–Crippen MR) is 50.0 cm³/mol. The molecule has 4 nitrogen and oxygen atoms in total. The van der Waals surface area contributed by atoms with Gasteiger partial charge in [-0.3, -0.25) is 4.79 Å². The summed E-state index contributed by atoms with van der Waals surface area (Å²) in [4.78, 5) is 10.8. The number of carbonyl (C=O) groups is 1. The summed E-state index contributed by atoms with van der Waals surface area (Å²) in [6.45, 7) is 2.83. The lowest BCUT2D eigenvalue weighted by atomic mass is 10.3. The molecule has 13 heavy (non-hydrogen) atoms. The van der Waals surface area contributed by atoms with Crippen LogP contribution in [0.5, 0.6) is 0 Å². The summed E-state index contributed by atoms with van der Waals surface area (Å²) >= 11 is 0. The summed E-state index contributed by atoms with van der Waals surface area (Å²) in [5, 5.41) is 0. The molecule has 0 rings (SSSR count). The minimum Gasteiger partial charge on any atom is -0.486 e. The van der Waals surface area contributed by atoms with Crippen molar-refractivity contribution in [2.24, 2.45) is 5.73 Å². The van der Waals surface area contributed by atoms with Gasteiger partial charge in [0.25, 0.3) is 5.91 Å². The zero-order chi connectivity index (χ0) is 10.1. The summed E-state index contributed by atoms with van der Waals surface area (Å²) in [5.41, 5.74) is 5.09. The molecule has 0 spiro atoms. The second-order valence-electron chi connectivity index (χ2n) is 2.56. The zero-order valence-electron chi connectivity index (χ0n) is 8.21. The van der Waals surface area contributed by atoms with E-state index in [1.54, 1.807) is 13.2 Å². The average molecular weight is 187 g/mol. The third-order valence-corrected chi connectivity index (χ3v) is 1.41. The van der Waals surface area contributed by atoms with Crippen LogP contribution < -0.4 is 5.73 Å². The van der Waals surface area contributed by atoms with Crippen LogP contribution in [-0.2, 0) is 14.3 Å². The molecule has 0 aromatic rings. The average Bonchev–Trinajstić information content (AvgIpc) is 2.10. The van der Waals surface area contributed by atoms with Crippen LogP contribution in [0, 0.1) is 0 Å². The fraction of sp³-hybridized carbons (Fsp3) is 0.667. The molecule has 0 bridgehead atoms. The van der Waals surface area contributed by atoms with E-state index in [4.69, 9.17) is 15.2 Å². The van der Waals surface area contributed by atoms with Crippen molar-refractivity contribution in [3.8, 4) is 0 Å². The van der Waals surface area contributed by atoms with Crippen LogP contribution in [0.4, 0.5) is 0 Å². The zero-order valence-corrected chi connectivity index (χ0v) is 8.21. The van der Waals surface area contributed by atoms with Crippen molar-refractivity contribution < 1.29 is 14.3 Å². The molecule has 0 aromatic carbocycles. The van der Waals surface area contributed by atoms with Gasteiger partial charge in [0.05, 0.1) is 6.61 Å². The summed E-state index contributed by atoms with van der Waals surface area (Å²) in [7, 11) is 1.57. The SMILES string of the molecule is CCCC=C(OCCOC)C(N)=O. The number of amides is 1. The van der Waals surface area contributed by atoms with Gasteiger partial charge in [-0.05, 0) is 12.5 Å². The molecular weight excluding hydrogens is 170 g/mol. The van der Waals surface area contributed by atoms with Crippen LogP contribution in [0.3, 0.4) is 0 Å². The highest BCUT2D eigenvalue weighted by Gasteiger charge is 2.04. The first-order chi connectivity index (χ1) is 6.22. The van der Waals surface area contributed by atoms with E-state index < -0.39 is 5.91 Å². The van der Waals surface area contributed by atoms with Gasteiger partial charge in [0.2, 0.25) is 0 Å². The largest absolute Gasteiger partial charge is 0.486 e. The quantitative estimate of drug-likeness (QED) is 0.364. The third kappa shape index (κ3) is 6.16. The number of carbonyl (C=O) groups excluding carboxylic acids is 1. The molecule has 0 aliphatic carbocycles. The number of hydrogen-bond donors (Lipinski definition) is 1. The second-order valence-corrected chi connectivity index (χ2v) is 2.56. The minimum absolute atomic E-state index is 0.235. The van der Waals surface area contributed by atoms with E-state index in [0.29, 0.717) is 13.2 Å². The molecule has 2 N–H and O–H groups in total. The van der Waals surface area contributed by atoms with Gasteiger partial charge in [-0.15, -0.1) is 0 Å². The van der Waals surface area contributed by atoms with Gasteiger partial charge in [-0.2, -0.15) is 0 Å². The first kappa shape index (κ1) is 12.0. The molecule has 0 heterocycles. The van der Waals surface area contributed by atoms with Gasteiger partial charge in [0, 0.05) is 7.11 Å². The second kappa shape index (κ2) is 7.61. The minimum atomic E-state index is -0.524. The van der Waals surface area contributed by atoms with Crippen LogP contribution in [0.1, 0.15) is 19.8 Å². The Morgan fingerprint density at radius 3 is 2.62 bits per heavy atom. The Balaban J connectivity index is 3.87. The monoisotopic (exact) mass is 187 g/mol. The van der Waals surface area contributed by atoms with Crippen molar-refractivity contribution in [3.05, 3.63) is 11.8 Å². The summed E-state index contributed by atoms with van der Waals surface area (Å²) in [5.74, 6) is -0.288. The molecule has 0 fully saturated rings. The Kier molecular flexibility index (Phi) is 7.01. The van der Waals surface area contributed by atoms with E-state index in [2.05, 4.69) is 0 Å². The Bertz CT molecular complexity index is 178. The molecule has 0 saturated heterocycles. The van der Waals surface area contributed by atoms with E-state index in [0.717, 1.165) is 12.8 Å². The van der Waals surface area contributed by atoms with Crippen LogP contribution >= 0.6 is 0 Å². The number of primary amides is 1. The molecule has 0 unspecified atom stereocenters. The Hall–Kier alpha value is -1.03. The van der Waals surface area contributed by atoms with Crippen molar-refractivity contribution in [3.63, 3.8) is 0 Å². The van der Waals surface area contributed by atoms with E-state index >= 15 is 0 Å². The topological polar surface area (TPSA) is 61.6 Å². The lowest BCUT2D eigenvalue weighted by molar-refractivity contribution is -0.118. The van der Waals surface area contributed by atoms with Crippen LogP contribution in [0.25, 0.3) is 0 Å². The van der Waals surface area contributed by atoms with Crippen LogP contribution in [-0.4, -0.2) is 26.2 Å². The van der Waals surface area contributed by atoms with Gasteiger partial charge in [-0.25, -0.2) is 0 Å². The van der Waals surface area contributed by atoms with Crippen molar-refractivity contribution in [2.75, 3.05) is 20.3 Å². The lowest BCUT2D eigenvalue weighted by Crippen LogP contribution is -2.17.